The number of nitro groups is 1. The average molecular weight is 305 g/mol. The van der Waals surface area contributed by atoms with Crippen LogP contribution in [0.3, 0.4) is 0 Å². The van der Waals surface area contributed by atoms with E-state index in [2.05, 4.69) is 24.1 Å². The molecule has 1 aromatic heterocycles. The topological polar surface area (TPSA) is 68.1 Å². The predicted octanol–water partition coefficient (Wildman–Crippen LogP) is 4.59. The van der Waals surface area contributed by atoms with Crippen LogP contribution < -0.4 is 5.32 Å². The zero-order valence-electron chi connectivity index (χ0n) is 12.3. The van der Waals surface area contributed by atoms with E-state index in [-0.39, 0.29) is 22.1 Å². The van der Waals surface area contributed by atoms with Crippen LogP contribution in [-0.2, 0) is 0 Å². The van der Waals surface area contributed by atoms with E-state index in [4.69, 9.17) is 0 Å². The molecule has 0 radical (unpaired) electrons. The highest BCUT2D eigenvalue weighted by molar-refractivity contribution is 7.16. The summed E-state index contributed by atoms with van der Waals surface area (Å²) in [6, 6.07) is 4.00. The lowest BCUT2D eigenvalue weighted by atomic mass is 9.73. The lowest BCUT2D eigenvalue weighted by Gasteiger charge is -2.39. The molecule has 0 amide bonds. The lowest BCUT2D eigenvalue weighted by Crippen LogP contribution is -2.39. The minimum Gasteiger partial charge on any atom is -0.376 e. The number of fused-ring (bicyclic) bond motifs is 1. The number of nitrogens with one attached hydrogen (secondary N) is 1. The summed E-state index contributed by atoms with van der Waals surface area (Å²) in [5.74, 6) is 0. The quantitative estimate of drug-likeness (QED) is 0.665. The van der Waals surface area contributed by atoms with E-state index in [0.717, 1.165) is 17.5 Å². The average Bonchev–Trinajstić information content (AvgIpc) is 2.88. The Bertz CT molecular complexity index is 681. The number of hydrogen-bond donors (Lipinski definition) is 1. The molecular weight excluding hydrogens is 286 g/mol. The third kappa shape index (κ3) is 2.60. The van der Waals surface area contributed by atoms with Crippen LogP contribution in [0.25, 0.3) is 10.2 Å². The first-order valence-electron chi connectivity index (χ1n) is 7.26. The molecule has 1 saturated carbocycles. The Balaban J connectivity index is 2.00. The minimum atomic E-state index is -0.319. The minimum absolute atomic E-state index is 0.107. The maximum Gasteiger partial charge on any atom is 0.319 e. The van der Waals surface area contributed by atoms with Gasteiger partial charge in [-0.05, 0) is 30.4 Å². The fraction of sp³-hybridized carbons (Fsp3) is 0.533. The van der Waals surface area contributed by atoms with Gasteiger partial charge in [0.15, 0.2) is 5.52 Å². The van der Waals surface area contributed by atoms with Crippen molar-refractivity contribution in [2.24, 2.45) is 5.41 Å². The molecule has 5 nitrogen and oxygen atoms in total. The molecule has 1 unspecified atom stereocenters. The zero-order chi connectivity index (χ0) is 15.0. The Hall–Kier alpha value is -1.69. The second-order valence-electron chi connectivity index (χ2n) is 6.35. The number of anilines is 1. The molecule has 1 N–H and O–H groups in total. The summed E-state index contributed by atoms with van der Waals surface area (Å²) in [6.45, 7) is 4.47. The van der Waals surface area contributed by atoms with E-state index >= 15 is 0 Å². The molecule has 1 atom stereocenters. The summed E-state index contributed by atoms with van der Waals surface area (Å²) >= 11 is 1.43. The van der Waals surface area contributed by atoms with Gasteiger partial charge in [-0.15, -0.1) is 11.3 Å². The van der Waals surface area contributed by atoms with Crippen molar-refractivity contribution in [2.75, 3.05) is 5.32 Å². The number of thiazole rings is 1. The zero-order valence-corrected chi connectivity index (χ0v) is 13.1. The van der Waals surface area contributed by atoms with Crippen molar-refractivity contribution in [1.82, 2.24) is 4.98 Å². The van der Waals surface area contributed by atoms with E-state index in [1.165, 1.54) is 24.2 Å². The third-order valence-corrected chi connectivity index (χ3v) is 5.29. The van der Waals surface area contributed by atoms with Crippen LogP contribution in [0.1, 0.15) is 39.5 Å². The van der Waals surface area contributed by atoms with Gasteiger partial charge in [0.05, 0.1) is 15.1 Å². The largest absolute Gasteiger partial charge is 0.376 e. The highest BCUT2D eigenvalue weighted by Crippen LogP contribution is 2.40. The number of nitrogens with zero attached hydrogens (tertiary/aromatic N) is 2. The molecule has 1 fully saturated rings. The van der Waals surface area contributed by atoms with Crippen LogP contribution in [-0.4, -0.2) is 15.9 Å². The molecule has 2 aromatic rings. The van der Waals surface area contributed by atoms with Gasteiger partial charge in [-0.3, -0.25) is 10.1 Å². The van der Waals surface area contributed by atoms with Crippen molar-refractivity contribution in [1.29, 1.82) is 0 Å². The van der Waals surface area contributed by atoms with Crippen LogP contribution in [0.15, 0.2) is 17.6 Å². The number of nitro benzene ring substituents is 1. The van der Waals surface area contributed by atoms with Crippen molar-refractivity contribution >= 4 is 32.9 Å². The maximum absolute atomic E-state index is 11.5. The summed E-state index contributed by atoms with van der Waals surface area (Å²) < 4.78 is 0.857. The summed E-state index contributed by atoms with van der Waals surface area (Å²) in [4.78, 5) is 15.3. The lowest BCUT2D eigenvalue weighted by molar-refractivity contribution is -0.382. The van der Waals surface area contributed by atoms with Gasteiger partial charge in [-0.25, -0.2) is 4.98 Å². The SMILES string of the molecule is CC1(C)CCCCC1Nc1ccc2scnc2c1[N+](=O)[O-]. The Morgan fingerprint density at radius 1 is 1.43 bits per heavy atom. The number of benzene rings is 1. The van der Waals surface area contributed by atoms with E-state index in [1.807, 2.05) is 12.1 Å². The number of aromatic nitrogens is 1. The van der Waals surface area contributed by atoms with Crippen LogP contribution in [0, 0.1) is 15.5 Å². The van der Waals surface area contributed by atoms with E-state index in [1.54, 1.807) is 5.51 Å². The van der Waals surface area contributed by atoms with Crippen LogP contribution in [0.5, 0.6) is 0 Å². The highest BCUT2D eigenvalue weighted by atomic mass is 32.1. The van der Waals surface area contributed by atoms with Gasteiger partial charge in [0, 0.05) is 6.04 Å². The van der Waals surface area contributed by atoms with Crippen LogP contribution in [0.2, 0.25) is 0 Å². The van der Waals surface area contributed by atoms with E-state index < -0.39 is 0 Å². The summed E-state index contributed by atoms with van der Waals surface area (Å²) in [5.41, 5.74) is 3.01. The first kappa shape index (κ1) is 14.3. The predicted molar refractivity (Wildman–Crippen MR) is 85.9 cm³/mol. The number of hydrogen-bond acceptors (Lipinski definition) is 5. The standard InChI is InChI=1S/C15H19N3O2S/c1-15(2)8-4-3-5-12(15)17-10-6-7-11-13(16-9-21-11)14(10)18(19)20/h6-7,9,12,17H,3-5,8H2,1-2H3. The van der Waals surface area contributed by atoms with Gasteiger partial charge in [-0.1, -0.05) is 26.7 Å². The number of rotatable bonds is 3. The maximum atomic E-state index is 11.5. The molecule has 0 spiro atoms. The Morgan fingerprint density at radius 2 is 2.24 bits per heavy atom. The van der Waals surface area contributed by atoms with Crippen molar-refractivity contribution in [3.63, 3.8) is 0 Å². The van der Waals surface area contributed by atoms with Crippen molar-refractivity contribution in [3.05, 3.63) is 27.8 Å². The third-order valence-electron chi connectivity index (χ3n) is 4.50. The first-order valence-corrected chi connectivity index (χ1v) is 8.14. The molecule has 0 saturated heterocycles. The molecule has 1 aromatic carbocycles. The highest BCUT2D eigenvalue weighted by Gasteiger charge is 2.33. The molecule has 1 aliphatic rings. The van der Waals surface area contributed by atoms with Crippen molar-refractivity contribution < 1.29 is 4.92 Å². The van der Waals surface area contributed by atoms with Crippen LogP contribution >= 0.6 is 11.3 Å². The Labute approximate surface area is 127 Å². The van der Waals surface area contributed by atoms with Gasteiger partial charge in [-0.2, -0.15) is 0 Å². The van der Waals surface area contributed by atoms with Gasteiger partial charge in [0.25, 0.3) is 0 Å². The molecule has 6 heteroatoms. The molecule has 112 valence electrons. The fourth-order valence-electron chi connectivity index (χ4n) is 3.17. The molecule has 1 heterocycles. The molecular formula is C15H19N3O2S. The second-order valence-corrected chi connectivity index (χ2v) is 7.24. The van der Waals surface area contributed by atoms with Crippen molar-refractivity contribution in [2.45, 2.75) is 45.6 Å². The molecule has 0 aliphatic heterocycles. The fourth-order valence-corrected chi connectivity index (χ4v) is 3.85. The van der Waals surface area contributed by atoms with Crippen molar-refractivity contribution in [3.8, 4) is 0 Å². The Kier molecular flexibility index (Phi) is 3.57. The van der Waals surface area contributed by atoms with E-state index in [0.29, 0.717) is 11.2 Å². The summed E-state index contributed by atoms with van der Waals surface area (Å²) in [6.07, 6.45) is 4.61. The van der Waals surface area contributed by atoms with Gasteiger partial charge >= 0.3 is 5.69 Å². The Morgan fingerprint density at radius 3 is 2.95 bits per heavy atom. The molecule has 1 aliphatic carbocycles. The molecule has 3 rings (SSSR count). The van der Waals surface area contributed by atoms with Gasteiger partial charge in [0.1, 0.15) is 5.69 Å². The smallest absolute Gasteiger partial charge is 0.319 e. The molecule has 0 bridgehead atoms. The van der Waals surface area contributed by atoms with Crippen LogP contribution in [0.4, 0.5) is 11.4 Å². The first-order chi connectivity index (χ1) is 9.99. The monoisotopic (exact) mass is 305 g/mol. The van der Waals surface area contributed by atoms with Gasteiger partial charge < -0.3 is 5.32 Å². The van der Waals surface area contributed by atoms with Gasteiger partial charge in [0.2, 0.25) is 0 Å². The molecule has 21 heavy (non-hydrogen) atoms. The summed E-state index contributed by atoms with van der Waals surface area (Å²) in [7, 11) is 0. The second kappa shape index (κ2) is 5.26. The summed E-state index contributed by atoms with van der Waals surface area (Å²) in [5, 5.41) is 14.9. The van der Waals surface area contributed by atoms with E-state index in [9.17, 15) is 10.1 Å². The normalized spacial score (nSPS) is 21.3.